The van der Waals surface area contributed by atoms with Crippen LogP contribution in [0.25, 0.3) is 0 Å². The summed E-state index contributed by atoms with van der Waals surface area (Å²) in [6, 6.07) is 6.29. The first-order valence-corrected chi connectivity index (χ1v) is 5.38. The maximum Gasteiger partial charge on any atom is 0.269 e. The number of likely N-dealkylation sites (tertiary alicyclic amines) is 1. The largest absolute Gasteiger partial charge is 0.389 e. The summed E-state index contributed by atoms with van der Waals surface area (Å²) in [7, 11) is 0. The maximum atomic E-state index is 10.5. The average Bonchev–Trinajstić information content (AvgIpc) is 2.58. The summed E-state index contributed by atoms with van der Waals surface area (Å²) in [5, 5.41) is 29.2. The molecule has 2 N–H and O–H groups in total. The molecule has 1 fully saturated rings. The third kappa shape index (κ3) is 2.79. The molecule has 1 aromatic carbocycles. The van der Waals surface area contributed by atoms with E-state index < -0.39 is 17.1 Å². The average molecular weight is 238 g/mol. The number of benzene rings is 1. The van der Waals surface area contributed by atoms with Gasteiger partial charge in [-0.25, -0.2) is 0 Å². The van der Waals surface area contributed by atoms with Crippen LogP contribution in [0.2, 0.25) is 0 Å². The Morgan fingerprint density at radius 1 is 1.24 bits per heavy atom. The summed E-state index contributed by atoms with van der Waals surface area (Å²) in [4.78, 5) is 11.9. The summed E-state index contributed by atoms with van der Waals surface area (Å²) < 4.78 is 0. The quantitative estimate of drug-likeness (QED) is 0.577. The summed E-state index contributed by atoms with van der Waals surface area (Å²) in [6.07, 6.45) is -1.40. The summed E-state index contributed by atoms with van der Waals surface area (Å²) in [5.74, 6) is 0. The molecular weight excluding hydrogens is 224 g/mol. The molecule has 1 saturated heterocycles. The van der Waals surface area contributed by atoms with Gasteiger partial charge in [-0.3, -0.25) is 15.0 Å². The Hall–Kier alpha value is -1.50. The number of aliphatic hydroxyl groups is 2. The number of hydrogen-bond donors (Lipinski definition) is 2. The number of nitro benzene ring substituents is 1. The van der Waals surface area contributed by atoms with Crippen molar-refractivity contribution >= 4 is 5.69 Å². The topological polar surface area (TPSA) is 86.8 Å². The van der Waals surface area contributed by atoms with Gasteiger partial charge in [-0.1, -0.05) is 12.1 Å². The molecule has 0 aliphatic carbocycles. The van der Waals surface area contributed by atoms with E-state index in [0.29, 0.717) is 19.6 Å². The van der Waals surface area contributed by atoms with Crippen molar-refractivity contribution in [2.75, 3.05) is 13.1 Å². The van der Waals surface area contributed by atoms with Gasteiger partial charge in [-0.2, -0.15) is 0 Å². The van der Waals surface area contributed by atoms with Crippen molar-refractivity contribution in [3.8, 4) is 0 Å². The van der Waals surface area contributed by atoms with E-state index >= 15 is 0 Å². The van der Waals surface area contributed by atoms with E-state index in [0.717, 1.165) is 5.56 Å². The van der Waals surface area contributed by atoms with Crippen molar-refractivity contribution in [3.63, 3.8) is 0 Å². The summed E-state index contributed by atoms with van der Waals surface area (Å²) >= 11 is 0. The number of aliphatic hydroxyl groups excluding tert-OH is 2. The van der Waals surface area contributed by atoms with Crippen LogP contribution in [0.3, 0.4) is 0 Å². The molecule has 0 unspecified atom stereocenters. The van der Waals surface area contributed by atoms with Crippen LogP contribution in [-0.2, 0) is 6.54 Å². The standard InChI is InChI=1S/C11H14N2O4/c14-10-6-12(7-11(10)15)5-8-1-3-9(4-2-8)13(16)17/h1-4,10-11,14-15H,5-7H2/t10-,11+. The Bertz CT molecular complexity index is 396. The van der Waals surface area contributed by atoms with E-state index in [2.05, 4.69) is 0 Å². The fourth-order valence-electron chi connectivity index (χ4n) is 1.96. The van der Waals surface area contributed by atoms with Gasteiger partial charge >= 0.3 is 0 Å². The van der Waals surface area contributed by atoms with Gasteiger partial charge in [0.05, 0.1) is 17.1 Å². The number of nitrogens with zero attached hydrogens (tertiary/aromatic N) is 2. The van der Waals surface area contributed by atoms with Gasteiger partial charge in [-0.05, 0) is 5.56 Å². The van der Waals surface area contributed by atoms with Crippen molar-refractivity contribution in [1.29, 1.82) is 0 Å². The molecule has 0 radical (unpaired) electrons. The second kappa shape index (κ2) is 4.79. The molecule has 0 aromatic heterocycles. The van der Waals surface area contributed by atoms with Crippen LogP contribution in [-0.4, -0.2) is 45.3 Å². The Kier molecular flexibility index (Phi) is 3.37. The molecule has 2 atom stereocenters. The Labute approximate surface area is 98.3 Å². The molecule has 1 aliphatic rings. The molecule has 92 valence electrons. The maximum absolute atomic E-state index is 10.5. The van der Waals surface area contributed by atoms with Crippen LogP contribution in [0, 0.1) is 10.1 Å². The lowest BCUT2D eigenvalue weighted by Crippen LogP contribution is -2.22. The van der Waals surface area contributed by atoms with E-state index in [-0.39, 0.29) is 5.69 Å². The van der Waals surface area contributed by atoms with Crippen LogP contribution in [0.15, 0.2) is 24.3 Å². The second-order valence-electron chi connectivity index (χ2n) is 4.25. The van der Waals surface area contributed by atoms with Gasteiger partial charge < -0.3 is 10.2 Å². The fourth-order valence-corrected chi connectivity index (χ4v) is 1.96. The van der Waals surface area contributed by atoms with Crippen molar-refractivity contribution in [1.82, 2.24) is 4.90 Å². The SMILES string of the molecule is O=[N+]([O-])c1ccc(CN2C[C@@H](O)[C@@H](O)C2)cc1. The first-order chi connectivity index (χ1) is 8.06. The molecule has 1 aliphatic heterocycles. The van der Waals surface area contributed by atoms with Crippen LogP contribution in [0.5, 0.6) is 0 Å². The van der Waals surface area contributed by atoms with Crippen molar-refractivity contribution < 1.29 is 15.1 Å². The third-order valence-corrected chi connectivity index (χ3v) is 2.89. The van der Waals surface area contributed by atoms with E-state index in [1.165, 1.54) is 12.1 Å². The van der Waals surface area contributed by atoms with Crippen LogP contribution >= 0.6 is 0 Å². The fraction of sp³-hybridized carbons (Fsp3) is 0.455. The Balaban J connectivity index is 1.98. The van der Waals surface area contributed by atoms with Gasteiger partial charge in [0.15, 0.2) is 0 Å². The lowest BCUT2D eigenvalue weighted by Gasteiger charge is -2.14. The zero-order valence-electron chi connectivity index (χ0n) is 9.19. The minimum absolute atomic E-state index is 0.0650. The zero-order chi connectivity index (χ0) is 12.4. The number of rotatable bonds is 3. The number of hydrogen-bond acceptors (Lipinski definition) is 5. The predicted molar refractivity (Wildman–Crippen MR) is 60.4 cm³/mol. The van der Waals surface area contributed by atoms with Gasteiger partial charge in [0.25, 0.3) is 5.69 Å². The molecule has 17 heavy (non-hydrogen) atoms. The molecule has 1 heterocycles. The molecule has 6 heteroatoms. The van der Waals surface area contributed by atoms with Crippen molar-refractivity contribution in [2.45, 2.75) is 18.8 Å². The predicted octanol–water partition coefficient (Wildman–Crippen LogP) is 0.132. The van der Waals surface area contributed by atoms with Gasteiger partial charge in [0.2, 0.25) is 0 Å². The van der Waals surface area contributed by atoms with Gasteiger partial charge in [0, 0.05) is 31.8 Å². The highest BCUT2D eigenvalue weighted by Crippen LogP contribution is 2.16. The third-order valence-electron chi connectivity index (χ3n) is 2.89. The Morgan fingerprint density at radius 3 is 2.24 bits per heavy atom. The molecule has 6 nitrogen and oxygen atoms in total. The summed E-state index contributed by atoms with van der Waals surface area (Å²) in [5.41, 5.74) is 0.993. The highest BCUT2D eigenvalue weighted by Gasteiger charge is 2.29. The number of nitro groups is 1. The van der Waals surface area contributed by atoms with E-state index in [1.54, 1.807) is 12.1 Å². The van der Waals surface area contributed by atoms with Gasteiger partial charge in [-0.15, -0.1) is 0 Å². The lowest BCUT2D eigenvalue weighted by molar-refractivity contribution is -0.384. The van der Waals surface area contributed by atoms with E-state index in [4.69, 9.17) is 0 Å². The lowest BCUT2D eigenvalue weighted by atomic mass is 10.2. The summed E-state index contributed by atoms with van der Waals surface area (Å²) in [6.45, 7) is 1.43. The second-order valence-corrected chi connectivity index (χ2v) is 4.25. The van der Waals surface area contributed by atoms with Crippen LogP contribution < -0.4 is 0 Å². The molecule has 0 amide bonds. The van der Waals surface area contributed by atoms with E-state index in [1.807, 2.05) is 4.90 Å². The molecule has 0 saturated carbocycles. The van der Waals surface area contributed by atoms with E-state index in [9.17, 15) is 20.3 Å². The van der Waals surface area contributed by atoms with Crippen LogP contribution in [0.4, 0.5) is 5.69 Å². The zero-order valence-corrected chi connectivity index (χ0v) is 9.19. The highest BCUT2D eigenvalue weighted by atomic mass is 16.6. The normalized spacial score (nSPS) is 25.1. The monoisotopic (exact) mass is 238 g/mol. The molecule has 2 rings (SSSR count). The Morgan fingerprint density at radius 2 is 1.76 bits per heavy atom. The molecular formula is C11H14N2O4. The van der Waals surface area contributed by atoms with Gasteiger partial charge in [0.1, 0.15) is 0 Å². The molecule has 0 spiro atoms. The molecule has 0 bridgehead atoms. The molecule has 1 aromatic rings. The minimum atomic E-state index is -0.701. The smallest absolute Gasteiger partial charge is 0.269 e. The van der Waals surface area contributed by atoms with Crippen LogP contribution in [0.1, 0.15) is 5.56 Å². The number of β-amino-alcohol motifs (C(OH)–C–C–N with tert-alkyl or cyclic N) is 2. The number of non-ortho nitro benzene ring substituents is 1. The first kappa shape index (κ1) is 12.0. The van der Waals surface area contributed by atoms with Crippen molar-refractivity contribution in [2.24, 2.45) is 0 Å². The first-order valence-electron chi connectivity index (χ1n) is 5.38. The highest BCUT2D eigenvalue weighted by molar-refractivity contribution is 5.32. The minimum Gasteiger partial charge on any atom is -0.389 e. The van der Waals surface area contributed by atoms with Crippen molar-refractivity contribution in [3.05, 3.63) is 39.9 Å².